The van der Waals surface area contributed by atoms with Gasteiger partial charge in [0.15, 0.2) is 0 Å². The molecule has 0 saturated heterocycles. The minimum absolute atomic E-state index is 0.0554. The first kappa shape index (κ1) is 39.0. The van der Waals surface area contributed by atoms with Gasteiger partial charge in [0, 0.05) is 50.1 Å². The molecule has 0 spiro atoms. The number of carbonyl (C=O) groups excluding carboxylic acids is 3. The van der Waals surface area contributed by atoms with Gasteiger partial charge in [-0.25, -0.2) is 0 Å². The van der Waals surface area contributed by atoms with E-state index in [0.29, 0.717) is 144 Å². The number of hydrogen-bond donors (Lipinski definition) is 0. The van der Waals surface area contributed by atoms with Gasteiger partial charge in [-0.2, -0.15) is 0 Å². The molecule has 0 unspecified atom stereocenters. The zero-order chi connectivity index (χ0) is 31.4. The van der Waals surface area contributed by atoms with Crippen molar-refractivity contribution in [2.75, 3.05) is 112 Å². The van der Waals surface area contributed by atoms with Crippen LogP contribution in [-0.4, -0.2) is 135 Å². The summed E-state index contributed by atoms with van der Waals surface area (Å²) in [4.78, 5) is 36.5. The van der Waals surface area contributed by atoms with Crippen LogP contribution in [0.1, 0.15) is 39.5 Å². The Kier molecular flexibility index (Phi) is 25.0. The molecule has 0 N–H and O–H groups in total. The molecule has 0 saturated carbocycles. The first-order valence-electron chi connectivity index (χ1n) is 15.3. The van der Waals surface area contributed by atoms with Crippen LogP contribution in [0.2, 0.25) is 0 Å². The van der Waals surface area contributed by atoms with Crippen molar-refractivity contribution in [3.05, 3.63) is 24.4 Å². The molecule has 0 atom stereocenters. The zero-order valence-corrected chi connectivity index (χ0v) is 26.2. The van der Waals surface area contributed by atoms with E-state index >= 15 is 0 Å². The standard InChI is InChI=1S/C31H53NO11/c1-27(2)30(34)9-12-37-14-16-39-18-20-41-22-24-43-26-25-42-23-21-40-19-17-38-15-13-36-11-4-5-29(33)8-10-32-28(3)6-7-31(32)35/h6-7,27H,3-5,8-26H2,1-2H3. The van der Waals surface area contributed by atoms with Crippen LogP contribution in [0.15, 0.2) is 24.4 Å². The van der Waals surface area contributed by atoms with Gasteiger partial charge in [-0.15, -0.1) is 0 Å². The van der Waals surface area contributed by atoms with Crippen molar-refractivity contribution in [2.24, 2.45) is 5.92 Å². The van der Waals surface area contributed by atoms with Crippen molar-refractivity contribution in [1.29, 1.82) is 0 Å². The molecule has 43 heavy (non-hydrogen) atoms. The highest BCUT2D eigenvalue weighted by Gasteiger charge is 2.19. The Morgan fingerprint density at radius 1 is 0.605 bits per heavy atom. The Morgan fingerprint density at radius 2 is 1.00 bits per heavy atom. The molecule has 1 aliphatic rings. The van der Waals surface area contributed by atoms with Crippen LogP contribution < -0.4 is 0 Å². The summed E-state index contributed by atoms with van der Waals surface area (Å²) >= 11 is 0. The van der Waals surface area contributed by atoms with Gasteiger partial charge in [0.2, 0.25) is 0 Å². The van der Waals surface area contributed by atoms with Crippen molar-refractivity contribution >= 4 is 17.5 Å². The summed E-state index contributed by atoms with van der Waals surface area (Å²) in [6, 6.07) is 0. The predicted molar refractivity (Wildman–Crippen MR) is 160 cm³/mol. The van der Waals surface area contributed by atoms with Crippen LogP contribution in [0.5, 0.6) is 0 Å². The Labute approximate surface area is 256 Å². The molecule has 0 aliphatic carbocycles. The van der Waals surface area contributed by atoms with Gasteiger partial charge < -0.3 is 42.8 Å². The minimum atomic E-state index is -0.119. The third kappa shape index (κ3) is 23.1. The quantitative estimate of drug-likeness (QED) is 0.104. The Bertz CT molecular complexity index is 770. The molecule has 0 aromatic carbocycles. The molecule has 12 heteroatoms. The van der Waals surface area contributed by atoms with Crippen molar-refractivity contribution in [2.45, 2.75) is 39.5 Å². The SMILES string of the molecule is C=C1C=CC(=O)N1CCC(=O)CCCOCCOCCOCCOCCOCCOCCOCCOCCC(=O)C(C)C. The first-order valence-corrected chi connectivity index (χ1v) is 15.3. The molecule has 0 fully saturated rings. The molecule has 0 radical (unpaired) electrons. The van der Waals surface area contributed by atoms with Crippen LogP contribution >= 0.6 is 0 Å². The first-order chi connectivity index (χ1) is 20.9. The van der Waals surface area contributed by atoms with Gasteiger partial charge in [0.1, 0.15) is 11.6 Å². The highest BCUT2D eigenvalue weighted by molar-refractivity contribution is 5.93. The van der Waals surface area contributed by atoms with Crippen molar-refractivity contribution < 1.29 is 52.3 Å². The monoisotopic (exact) mass is 615 g/mol. The van der Waals surface area contributed by atoms with E-state index in [2.05, 4.69) is 6.58 Å². The Balaban J connectivity index is 1.68. The van der Waals surface area contributed by atoms with E-state index in [1.165, 1.54) is 11.0 Å². The third-order valence-corrected chi connectivity index (χ3v) is 6.13. The maximum absolute atomic E-state index is 12.0. The van der Waals surface area contributed by atoms with E-state index in [-0.39, 0.29) is 23.4 Å². The fourth-order valence-electron chi connectivity index (χ4n) is 3.58. The fraction of sp³-hybridized carbons (Fsp3) is 0.774. The Morgan fingerprint density at radius 3 is 1.37 bits per heavy atom. The third-order valence-electron chi connectivity index (χ3n) is 6.13. The number of allylic oxidation sites excluding steroid dienone is 1. The lowest BCUT2D eigenvalue weighted by molar-refractivity contribution is -0.125. The van der Waals surface area contributed by atoms with Crippen LogP contribution in [0.4, 0.5) is 0 Å². The summed E-state index contributed by atoms with van der Waals surface area (Å²) in [5.74, 6) is 0.257. The number of hydrogen-bond acceptors (Lipinski definition) is 11. The van der Waals surface area contributed by atoms with E-state index in [4.69, 9.17) is 37.9 Å². The molecule has 0 bridgehead atoms. The molecular formula is C31H53NO11. The van der Waals surface area contributed by atoms with Gasteiger partial charge in [-0.3, -0.25) is 14.4 Å². The summed E-state index contributed by atoms with van der Waals surface area (Å²) in [7, 11) is 0. The number of amides is 1. The highest BCUT2D eigenvalue weighted by atomic mass is 16.6. The normalized spacial score (nSPS) is 13.1. The summed E-state index contributed by atoms with van der Waals surface area (Å²) < 4.78 is 43.5. The highest BCUT2D eigenvalue weighted by Crippen LogP contribution is 2.13. The van der Waals surface area contributed by atoms with E-state index in [1.807, 2.05) is 13.8 Å². The molecule has 12 nitrogen and oxygen atoms in total. The molecule has 248 valence electrons. The van der Waals surface area contributed by atoms with Crippen LogP contribution in [-0.2, 0) is 52.3 Å². The second-order valence-corrected chi connectivity index (χ2v) is 9.98. The zero-order valence-electron chi connectivity index (χ0n) is 26.2. The Hall–Kier alpha value is -2.03. The average molecular weight is 616 g/mol. The van der Waals surface area contributed by atoms with E-state index in [0.717, 1.165) is 0 Å². The van der Waals surface area contributed by atoms with Gasteiger partial charge in [-0.1, -0.05) is 20.4 Å². The fourth-order valence-corrected chi connectivity index (χ4v) is 3.58. The number of nitrogens with zero attached hydrogens (tertiary/aromatic N) is 1. The van der Waals surface area contributed by atoms with Gasteiger partial charge in [0.25, 0.3) is 5.91 Å². The lowest BCUT2D eigenvalue weighted by atomic mass is 10.1. The number of carbonyl (C=O) groups is 3. The molecule has 1 aliphatic heterocycles. The number of ether oxygens (including phenoxy) is 8. The summed E-state index contributed by atoms with van der Waals surface area (Å²) in [6.07, 6.45) is 4.97. The predicted octanol–water partition coefficient (Wildman–Crippen LogP) is 2.39. The molecule has 1 heterocycles. The van der Waals surface area contributed by atoms with Crippen molar-refractivity contribution in [3.63, 3.8) is 0 Å². The second kappa shape index (κ2) is 27.5. The minimum Gasteiger partial charge on any atom is -0.379 e. The maximum atomic E-state index is 12.0. The average Bonchev–Trinajstić information content (AvgIpc) is 3.31. The van der Waals surface area contributed by atoms with Gasteiger partial charge in [-0.05, 0) is 12.5 Å². The van der Waals surface area contributed by atoms with Gasteiger partial charge in [0.05, 0.1) is 99.1 Å². The van der Waals surface area contributed by atoms with Crippen molar-refractivity contribution in [1.82, 2.24) is 4.90 Å². The smallest absolute Gasteiger partial charge is 0.251 e. The van der Waals surface area contributed by atoms with Crippen LogP contribution in [0.3, 0.4) is 0 Å². The van der Waals surface area contributed by atoms with E-state index in [9.17, 15) is 14.4 Å². The van der Waals surface area contributed by atoms with Crippen LogP contribution in [0, 0.1) is 5.92 Å². The van der Waals surface area contributed by atoms with Crippen LogP contribution in [0.25, 0.3) is 0 Å². The van der Waals surface area contributed by atoms with Crippen molar-refractivity contribution in [3.8, 4) is 0 Å². The summed E-state index contributed by atoms with van der Waals surface area (Å²) in [6.45, 7) is 15.6. The van der Waals surface area contributed by atoms with E-state index < -0.39 is 0 Å². The number of ketones is 2. The summed E-state index contributed by atoms with van der Waals surface area (Å²) in [5, 5.41) is 0. The molecule has 1 amide bonds. The van der Waals surface area contributed by atoms with Gasteiger partial charge >= 0.3 is 0 Å². The number of Topliss-reactive ketones (excluding diaryl/α,β-unsaturated/α-hetero) is 2. The number of rotatable bonds is 32. The lowest BCUT2D eigenvalue weighted by Gasteiger charge is -2.16. The topological polar surface area (TPSA) is 128 Å². The second-order valence-electron chi connectivity index (χ2n) is 9.98. The molecule has 0 aromatic rings. The van der Waals surface area contributed by atoms with E-state index in [1.54, 1.807) is 6.08 Å². The lowest BCUT2D eigenvalue weighted by Crippen LogP contribution is -2.26. The largest absolute Gasteiger partial charge is 0.379 e. The molecular weight excluding hydrogens is 562 g/mol. The molecule has 1 rings (SSSR count). The molecule has 0 aromatic heterocycles. The maximum Gasteiger partial charge on any atom is 0.251 e. The summed E-state index contributed by atoms with van der Waals surface area (Å²) in [5.41, 5.74) is 0.631.